The van der Waals surface area contributed by atoms with Crippen molar-refractivity contribution in [3.8, 4) is 11.5 Å². The number of alkyl halides is 1. The van der Waals surface area contributed by atoms with Crippen molar-refractivity contribution in [2.45, 2.75) is 50.8 Å². The van der Waals surface area contributed by atoms with Gasteiger partial charge in [-0.05, 0) is 48.3 Å². The van der Waals surface area contributed by atoms with Gasteiger partial charge in [0.05, 0.1) is 14.2 Å². The fourth-order valence-electron chi connectivity index (χ4n) is 3.64. The molecule has 2 rings (SSSR count). The molecule has 1 fully saturated rings. The van der Waals surface area contributed by atoms with Crippen LogP contribution in [0, 0.1) is 11.8 Å². The summed E-state index contributed by atoms with van der Waals surface area (Å²) in [5.74, 6) is 2.97. The molecule has 1 saturated carbocycles. The van der Waals surface area contributed by atoms with Crippen LogP contribution < -0.4 is 9.47 Å². The fraction of sp³-hybridized carbons (Fsp3) is 0.667. The second-order valence-corrected chi connectivity index (χ2v) is 7.39. The van der Waals surface area contributed by atoms with Crippen molar-refractivity contribution in [3.63, 3.8) is 0 Å². The van der Waals surface area contributed by atoms with Crippen LogP contribution in [-0.4, -0.2) is 19.6 Å². The van der Waals surface area contributed by atoms with E-state index in [1.54, 1.807) is 14.2 Å². The van der Waals surface area contributed by atoms with E-state index in [9.17, 15) is 0 Å². The molecule has 1 aromatic carbocycles. The molecule has 1 aromatic rings. The SMILES string of the molecule is COc1ccc(OC)c(C(C)(C)C2CCC(C)CC2Cl)c1. The Kier molecular flexibility index (Phi) is 5.08. The van der Waals surface area contributed by atoms with Gasteiger partial charge in [0.2, 0.25) is 0 Å². The third-order valence-electron chi connectivity index (χ3n) is 5.06. The molecule has 0 amide bonds. The summed E-state index contributed by atoms with van der Waals surface area (Å²) in [6.07, 6.45) is 3.52. The Morgan fingerprint density at radius 2 is 1.86 bits per heavy atom. The van der Waals surface area contributed by atoms with Crippen LogP contribution in [0.4, 0.5) is 0 Å². The molecule has 0 aromatic heterocycles. The van der Waals surface area contributed by atoms with Gasteiger partial charge in [-0.3, -0.25) is 0 Å². The number of rotatable bonds is 4. The van der Waals surface area contributed by atoms with Gasteiger partial charge in [0.25, 0.3) is 0 Å². The second kappa shape index (κ2) is 6.48. The predicted molar refractivity (Wildman–Crippen MR) is 88.7 cm³/mol. The molecule has 0 bridgehead atoms. The Balaban J connectivity index is 2.38. The van der Waals surface area contributed by atoms with Gasteiger partial charge in [0, 0.05) is 10.9 Å². The standard InChI is InChI=1S/C18H27ClO2/c1-12-6-8-14(16(19)10-12)18(2,3)15-11-13(20-4)7-9-17(15)21-5/h7,9,11-12,14,16H,6,8,10H2,1-5H3. The third-order valence-corrected chi connectivity index (χ3v) is 5.54. The molecule has 3 atom stereocenters. The molecule has 0 spiro atoms. The average Bonchev–Trinajstić information content (AvgIpc) is 2.46. The third kappa shape index (κ3) is 3.31. The molecule has 3 heteroatoms. The van der Waals surface area contributed by atoms with Gasteiger partial charge in [-0.1, -0.05) is 27.2 Å². The van der Waals surface area contributed by atoms with Crippen LogP contribution >= 0.6 is 11.6 Å². The van der Waals surface area contributed by atoms with Crippen molar-refractivity contribution in [1.29, 1.82) is 0 Å². The Morgan fingerprint density at radius 1 is 1.14 bits per heavy atom. The monoisotopic (exact) mass is 310 g/mol. The Hall–Kier alpha value is -0.890. The molecular weight excluding hydrogens is 284 g/mol. The van der Waals surface area contributed by atoms with Crippen molar-refractivity contribution in [2.24, 2.45) is 11.8 Å². The maximum atomic E-state index is 6.71. The topological polar surface area (TPSA) is 18.5 Å². The highest BCUT2D eigenvalue weighted by atomic mass is 35.5. The zero-order valence-electron chi connectivity index (χ0n) is 13.8. The van der Waals surface area contributed by atoms with Crippen molar-refractivity contribution in [3.05, 3.63) is 23.8 Å². The summed E-state index contributed by atoms with van der Waals surface area (Å²) in [7, 11) is 3.42. The Morgan fingerprint density at radius 3 is 2.43 bits per heavy atom. The van der Waals surface area contributed by atoms with Crippen molar-refractivity contribution >= 4 is 11.6 Å². The lowest BCUT2D eigenvalue weighted by Gasteiger charge is -2.42. The molecule has 0 N–H and O–H groups in total. The smallest absolute Gasteiger partial charge is 0.122 e. The lowest BCUT2D eigenvalue weighted by molar-refractivity contribution is 0.203. The van der Waals surface area contributed by atoms with Gasteiger partial charge >= 0.3 is 0 Å². The summed E-state index contributed by atoms with van der Waals surface area (Å²) in [5, 5.41) is 0.222. The number of hydrogen-bond acceptors (Lipinski definition) is 2. The van der Waals surface area contributed by atoms with E-state index in [1.165, 1.54) is 18.4 Å². The molecule has 1 aliphatic carbocycles. The largest absolute Gasteiger partial charge is 0.497 e. The second-order valence-electron chi connectivity index (χ2n) is 6.83. The van der Waals surface area contributed by atoms with Gasteiger partial charge < -0.3 is 9.47 Å². The highest BCUT2D eigenvalue weighted by Crippen LogP contribution is 2.47. The van der Waals surface area contributed by atoms with Crippen LogP contribution in [0.3, 0.4) is 0 Å². The molecule has 0 heterocycles. The quantitative estimate of drug-likeness (QED) is 0.727. The first-order valence-electron chi connectivity index (χ1n) is 7.76. The summed E-state index contributed by atoms with van der Waals surface area (Å²) in [6, 6.07) is 6.03. The summed E-state index contributed by atoms with van der Waals surface area (Å²) in [4.78, 5) is 0. The minimum absolute atomic E-state index is 0.0353. The van der Waals surface area contributed by atoms with Gasteiger partial charge in [-0.2, -0.15) is 0 Å². The van der Waals surface area contributed by atoms with Gasteiger partial charge in [-0.25, -0.2) is 0 Å². The van der Waals surface area contributed by atoms with E-state index in [0.29, 0.717) is 5.92 Å². The molecule has 3 unspecified atom stereocenters. The van der Waals surface area contributed by atoms with E-state index >= 15 is 0 Å². The summed E-state index contributed by atoms with van der Waals surface area (Å²) in [5.41, 5.74) is 1.15. The van der Waals surface area contributed by atoms with E-state index in [-0.39, 0.29) is 10.8 Å². The summed E-state index contributed by atoms with van der Waals surface area (Å²) < 4.78 is 11.0. The van der Waals surface area contributed by atoms with Gasteiger partial charge in [-0.15, -0.1) is 11.6 Å². The minimum Gasteiger partial charge on any atom is -0.497 e. The fourth-order valence-corrected chi connectivity index (χ4v) is 4.39. The first-order chi connectivity index (χ1) is 9.90. The van der Waals surface area contributed by atoms with Gasteiger partial charge in [0.1, 0.15) is 11.5 Å². The van der Waals surface area contributed by atoms with Crippen molar-refractivity contribution in [2.75, 3.05) is 14.2 Å². The minimum atomic E-state index is -0.0353. The normalized spacial score (nSPS) is 26.5. The number of halogens is 1. The number of hydrogen-bond donors (Lipinski definition) is 0. The predicted octanol–water partition coefficient (Wildman–Crippen LogP) is 5.03. The first-order valence-corrected chi connectivity index (χ1v) is 8.20. The molecule has 118 valence electrons. The molecule has 0 aliphatic heterocycles. The van der Waals surface area contributed by atoms with Crippen LogP contribution in [0.1, 0.15) is 45.6 Å². The molecule has 2 nitrogen and oxygen atoms in total. The van der Waals surface area contributed by atoms with Crippen LogP contribution in [0.25, 0.3) is 0 Å². The molecule has 0 saturated heterocycles. The average molecular weight is 311 g/mol. The van der Waals surface area contributed by atoms with E-state index < -0.39 is 0 Å². The van der Waals surface area contributed by atoms with E-state index in [4.69, 9.17) is 21.1 Å². The zero-order valence-corrected chi connectivity index (χ0v) is 14.5. The number of methoxy groups -OCH3 is 2. The maximum Gasteiger partial charge on any atom is 0.122 e. The van der Waals surface area contributed by atoms with Crippen LogP contribution in [0.15, 0.2) is 18.2 Å². The summed E-state index contributed by atoms with van der Waals surface area (Å²) >= 11 is 6.71. The highest BCUT2D eigenvalue weighted by molar-refractivity contribution is 6.20. The van der Waals surface area contributed by atoms with E-state index in [2.05, 4.69) is 26.8 Å². The lowest BCUT2D eigenvalue weighted by atomic mass is 9.65. The molecule has 0 radical (unpaired) electrons. The Labute approximate surface area is 133 Å². The van der Waals surface area contributed by atoms with Crippen molar-refractivity contribution < 1.29 is 9.47 Å². The zero-order chi connectivity index (χ0) is 15.6. The lowest BCUT2D eigenvalue weighted by Crippen LogP contribution is -2.39. The number of ether oxygens (including phenoxy) is 2. The van der Waals surface area contributed by atoms with Crippen LogP contribution in [0.2, 0.25) is 0 Å². The highest BCUT2D eigenvalue weighted by Gasteiger charge is 2.40. The van der Waals surface area contributed by atoms with Crippen LogP contribution in [-0.2, 0) is 5.41 Å². The van der Waals surface area contributed by atoms with Gasteiger partial charge in [0.15, 0.2) is 0 Å². The van der Waals surface area contributed by atoms with E-state index in [1.807, 2.05) is 12.1 Å². The molecule has 1 aliphatic rings. The van der Waals surface area contributed by atoms with E-state index in [0.717, 1.165) is 23.8 Å². The maximum absolute atomic E-state index is 6.71. The number of benzene rings is 1. The Bertz CT molecular complexity index is 484. The molecule has 21 heavy (non-hydrogen) atoms. The first kappa shape index (κ1) is 16.5. The van der Waals surface area contributed by atoms with Crippen LogP contribution in [0.5, 0.6) is 11.5 Å². The van der Waals surface area contributed by atoms with Crippen molar-refractivity contribution in [1.82, 2.24) is 0 Å². The molecular formula is C18H27ClO2. The summed E-state index contributed by atoms with van der Waals surface area (Å²) in [6.45, 7) is 6.85.